The van der Waals surface area contributed by atoms with Crippen molar-refractivity contribution in [1.29, 1.82) is 0 Å². The van der Waals surface area contributed by atoms with Crippen LogP contribution < -0.4 is 4.90 Å². The molecule has 71 heavy (non-hydrogen) atoms. The number of ether oxygens (including phenoxy) is 1. The molecule has 3 aliphatic rings. The van der Waals surface area contributed by atoms with Crippen molar-refractivity contribution in [3.63, 3.8) is 0 Å². The first-order valence-corrected chi connectivity index (χ1v) is 30.0. The van der Waals surface area contributed by atoms with Gasteiger partial charge in [-0.15, -0.1) is 0 Å². The summed E-state index contributed by atoms with van der Waals surface area (Å²) in [4.78, 5) is 12.6. The highest BCUT2D eigenvalue weighted by Gasteiger charge is 2.50. The first-order valence-electron chi connectivity index (χ1n) is 23.5. The number of anilines is 1. The molecule has 0 fully saturated rings. The Kier molecular flexibility index (Phi) is 18.0. The van der Waals surface area contributed by atoms with Crippen LogP contribution in [0.1, 0.15) is 137 Å². The second-order valence-electron chi connectivity index (χ2n) is 20.6. The summed E-state index contributed by atoms with van der Waals surface area (Å²) in [6, 6.07) is 8.55. The van der Waals surface area contributed by atoms with Gasteiger partial charge in [0.1, 0.15) is 6.54 Å². The smallest absolute Gasteiger partial charge is 0.303 e. The van der Waals surface area contributed by atoms with Gasteiger partial charge in [-0.25, -0.2) is 0 Å². The molecule has 0 aromatic heterocycles. The van der Waals surface area contributed by atoms with Gasteiger partial charge in [0.15, 0.2) is 5.71 Å². The molecule has 2 unspecified atom stereocenters. The van der Waals surface area contributed by atoms with E-state index in [0.29, 0.717) is 97.0 Å². The number of nitrogens with zero attached hydrogens (tertiary/aromatic N) is 2. The Balaban J connectivity index is 1.67. The lowest BCUT2D eigenvalue weighted by molar-refractivity contribution is -0.438. The Morgan fingerprint density at radius 2 is 1.34 bits per heavy atom. The van der Waals surface area contributed by atoms with Gasteiger partial charge in [0.2, 0.25) is 5.69 Å². The molecule has 0 saturated heterocycles. The van der Waals surface area contributed by atoms with Gasteiger partial charge in [0.25, 0.3) is 40.5 Å². The molecule has 2 atom stereocenters. The molecule has 0 amide bonds. The summed E-state index contributed by atoms with van der Waals surface area (Å²) >= 11 is 7.32. The van der Waals surface area contributed by atoms with Crippen LogP contribution in [0.5, 0.6) is 0 Å². The minimum Gasteiger partial charge on any atom is -0.481 e. The fourth-order valence-electron chi connectivity index (χ4n) is 9.92. The normalized spacial score (nSPS) is 21.5. The van der Waals surface area contributed by atoms with E-state index in [9.17, 15) is 61.8 Å². The van der Waals surface area contributed by atoms with Crippen molar-refractivity contribution in [2.75, 3.05) is 29.6 Å². The topological polar surface area (TPSA) is 270 Å². The van der Waals surface area contributed by atoms with Crippen LogP contribution in [0.2, 0.25) is 0 Å². The molecule has 2 heterocycles. The number of halogens is 1. The molecule has 17 nitrogen and oxygen atoms in total. The molecule has 394 valence electrons. The molecule has 2 aliphatic heterocycles. The predicted molar refractivity (Wildman–Crippen MR) is 273 cm³/mol. The fraction of sp³-hybridized carbons (Fsp3) is 0.551. The van der Waals surface area contributed by atoms with Gasteiger partial charge in [-0.1, -0.05) is 23.8 Å². The molecule has 0 spiro atoms. The van der Waals surface area contributed by atoms with E-state index < -0.39 is 79.9 Å². The van der Waals surface area contributed by atoms with Crippen LogP contribution in [0, 0.1) is 0 Å². The summed E-state index contributed by atoms with van der Waals surface area (Å²) in [5.74, 6) is -2.03. The number of hydrogen-bond donors (Lipinski definition) is 5. The maximum atomic E-state index is 12.5. The van der Waals surface area contributed by atoms with Crippen molar-refractivity contribution < 1.29 is 71.1 Å². The van der Waals surface area contributed by atoms with Crippen molar-refractivity contribution in [2.24, 2.45) is 0 Å². The van der Waals surface area contributed by atoms with Crippen LogP contribution >= 0.6 is 11.6 Å². The highest BCUT2D eigenvalue weighted by Crippen LogP contribution is 2.54. The zero-order valence-corrected chi connectivity index (χ0v) is 45.3. The largest absolute Gasteiger partial charge is 0.481 e. The van der Waals surface area contributed by atoms with E-state index in [4.69, 9.17) is 16.3 Å². The zero-order valence-electron chi connectivity index (χ0n) is 41.3. The van der Waals surface area contributed by atoms with Crippen LogP contribution in [0.3, 0.4) is 0 Å². The van der Waals surface area contributed by atoms with Crippen LogP contribution in [0.15, 0.2) is 92.4 Å². The van der Waals surface area contributed by atoms with Gasteiger partial charge >= 0.3 is 5.97 Å². The molecule has 1 aliphatic carbocycles. The van der Waals surface area contributed by atoms with E-state index in [1.165, 1.54) is 24.3 Å². The summed E-state index contributed by atoms with van der Waals surface area (Å²) in [7, 11) is -18.0. The number of aliphatic carboxylic acids is 1. The van der Waals surface area contributed by atoms with E-state index in [2.05, 4.69) is 4.90 Å². The highest BCUT2D eigenvalue weighted by molar-refractivity contribution is 7.86. The summed E-state index contributed by atoms with van der Waals surface area (Å²) in [6.45, 7) is 14.3. The summed E-state index contributed by atoms with van der Waals surface area (Å²) < 4.78 is 145. The van der Waals surface area contributed by atoms with Gasteiger partial charge < -0.3 is 14.7 Å². The molecule has 0 saturated carbocycles. The Bertz CT molecular complexity index is 3010. The second kappa shape index (κ2) is 22.0. The van der Waals surface area contributed by atoms with Gasteiger partial charge in [-0.2, -0.15) is 38.2 Å². The number of carbonyl (C=O) groups is 1. The van der Waals surface area contributed by atoms with E-state index >= 15 is 0 Å². The minimum absolute atomic E-state index is 0.00367. The first-order chi connectivity index (χ1) is 32.6. The van der Waals surface area contributed by atoms with Gasteiger partial charge in [-0.3, -0.25) is 23.0 Å². The third-order valence-corrected chi connectivity index (χ3v) is 17.3. The van der Waals surface area contributed by atoms with Crippen LogP contribution in [-0.2, 0) is 60.8 Å². The van der Waals surface area contributed by atoms with Gasteiger partial charge in [-0.05, 0) is 166 Å². The Hall–Kier alpha value is -3.77. The number of carboxylic acid groups (broad SMARTS) is 1. The molecular weight excluding hydrogens is 1020 g/mol. The molecule has 2 aromatic carbocycles. The van der Waals surface area contributed by atoms with Crippen molar-refractivity contribution in [1.82, 2.24) is 0 Å². The number of benzene rings is 2. The lowest BCUT2D eigenvalue weighted by Gasteiger charge is -2.42. The fourth-order valence-corrected chi connectivity index (χ4v) is 12.3. The van der Waals surface area contributed by atoms with Crippen LogP contribution in [0.25, 0.3) is 0 Å². The SMILES string of the molecule is CC(C)(C)OCCC(C)(C)N1C(=CC=C2CCCC(C=CC3=[N+](CCCCCC(=O)O)c4ccc(S(=O)(=O)O)cc4C3(C)CCCS(=O)(=O)O)=C2Cl)C(C)(CCCS(=O)(=O)O)c2cc(S(=O)(=O)O)ccc21. The van der Waals surface area contributed by atoms with Crippen molar-refractivity contribution in [2.45, 2.75) is 157 Å². The predicted octanol–water partition coefficient (Wildman–Crippen LogP) is 9.32. The quantitative estimate of drug-likeness (QED) is 0.0394. The molecule has 5 N–H and O–H groups in total. The lowest BCUT2D eigenvalue weighted by atomic mass is 9.75. The Morgan fingerprint density at radius 1 is 0.761 bits per heavy atom. The van der Waals surface area contributed by atoms with Crippen molar-refractivity contribution in [3.05, 3.63) is 93.7 Å². The number of unbranched alkanes of at least 4 members (excludes halogenated alkanes) is 2. The summed E-state index contributed by atoms with van der Waals surface area (Å²) in [5.41, 5.74) is 1.85. The highest BCUT2D eigenvalue weighted by atomic mass is 35.5. The summed E-state index contributed by atoms with van der Waals surface area (Å²) in [5, 5.41) is 9.66. The maximum absolute atomic E-state index is 12.5. The number of carboxylic acids is 1. The van der Waals surface area contributed by atoms with Gasteiger partial charge in [0, 0.05) is 64.5 Å². The third-order valence-electron chi connectivity index (χ3n) is 13.5. The molecular formula is C49H68ClN2O15S4+. The second-order valence-corrected chi connectivity index (χ2v) is 27.0. The average molecular weight is 1090 g/mol. The summed E-state index contributed by atoms with van der Waals surface area (Å²) in [6.07, 6.45) is 11.6. The Labute approximate surface area is 424 Å². The third kappa shape index (κ3) is 14.7. The van der Waals surface area contributed by atoms with Gasteiger partial charge in [0.05, 0.1) is 32.3 Å². The lowest BCUT2D eigenvalue weighted by Crippen LogP contribution is -2.45. The van der Waals surface area contributed by atoms with E-state index in [0.717, 1.165) is 11.1 Å². The molecule has 0 radical (unpaired) electrons. The van der Waals surface area contributed by atoms with Crippen LogP contribution in [-0.4, -0.2) is 109 Å². The molecule has 22 heteroatoms. The van der Waals surface area contributed by atoms with Crippen molar-refractivity contribution >= 4 is 75.1 Å². The molecule has 0 bridgehead atoms. The monoisotopic (exact) mass is 1090 g/mol. The standard InChI is InChI=1S/C49H67ClN2O15S4/c1-46(2,3)67-29-27-47(4,5)52-41-22-20-37(71(64,65)66)33-39(41)49(7,26-13-31-69(58,59)60)43(52)24-18-35-15-11-14-34(45(35)50)17-23-42-48(6,25-12-30-68(55,56)57)38-32-36(70(61,62)63)19-21-40(38)51(42)28-10-8-9-16-44(53)54/h17-24,32-33H,8-16,25-31H2,1-7H3,(H4-,53,54,55,56,57,58,59,60,61,62,63,64,65,66)/p+1. The first kappa shape index (κ1) is 58.1. The average Bonchev–Trinajstić information content (AvgIpc) is 3.61. The van der Waals surface area contributed by atoms with Crippen molar-refractivity contribution in [3.8, 4) is 0 Å². The molecule has 2 aromatic rings. The van der Waals surface area contributed by atoms with E-state index in [1.54, 1.807) is 12.1 Å². The number of allylic oxidation sites excluding steroid dienone is 8. The number of fused-ring (bicyclic) bond motifs is 2. The zero-order chi connectivity index (χ0) is 53.2. The molecule has 5 rings (SSSR count). The number of hydrogen-bond acceptors (Lipinski definition) is 11. The number of rotatable bonds is 23. The minimum atomic E-state index is -4.66. The van der Waals surface area contributed by atoms with E-state index in [-0.39, 0.29) is 41.9 Å². The Morgan fingerprint density at radius 3 is 1.90 bits per heavy atom. The maximum Gasteiger partial charge on any atom is 0.303 e. The van der Waals surface area contributed by atoms with Crippen LogP contribution in [0.4, 0.5) is 11.4 Å². The van der Waals surface area contributed by atoms with E-state index in [1.807, 2.05) is 77.3 Å².